The molecule has 0 spiro atoms. The summed E-state index contributed by atoms with van der Waals surface area (Å²) in [6.07, 6.45) is 0.710. The van der Waals surface area contributed by atoms with Gasteiger partial charge in [0.15, 0.2) is 0 Å². The maximum Gasteiger partial charge on any atom is 0.229 e. The van der Waals surface area contributed by atoms with Gasteiger partial charge in [0.25, 0.3) is 0 Å². The zero-order valence-electron chi connectivity index (χ0n) is 11.9. The van der Waals surface area contributed by atoms with Crippen LogP contribution in [0.2, 0.25) is 0 Å². The topological polar surface area (TPSA) is 61.4 Å². The Morgan fingerprint density at radius 1 is 1.24 bits per heavy atom. The molecule has 0 radical (unpaired) electrons. The highest BCUT2D eigenvalue weighted by atomic mass is 16.3. The highest BCUT2D eigenvalue weighted by molar-refractivity contribution is 5.95. The molecule has 108 valence electrons. The molecule has 3 rings (SSSR count). The van der Waals surface area contributed by atoms with Gasteiger partial charge in [0.05, 0.1) is 11.6 Å². The van der Waals surface area contributed by atoms with Crippen molar-refractivity contribution in [3.05, 3.63) is 53.6 Å². The van der Waals surface area contributed by atoms with Crippen LogP contribution < -0.4 is 10.6 Å². The van der Waals surface area contributed by atoms with Gasteiger partial charge >= 0.3 is 0 Å². The molecule has 0 aliphatic carbocycles. The maximum absolute atomic E-state index is 12.4. The van der Waals surface area contributed by atoms with Gasteiger partial charge in [0.1, 0.15) is 5.75 Å². The number of benzene rings is 2. The second-order valence-corrected chi connectivity index (χ2v) is 5.40. The van der Waals surface area contributed by atoms with Crippen molar-refractivity contribution in [3.63, 3.8) is 0 Å². The number of carbonyl (C=O) groups excluding carboxylic acids is 1. The van der Waals surface area contributed by atoms with E-state index in [2.05, 4.69) is 10.6 Å². The number of nitrogens with one attached hydrogen (secondary N) is 2. The number of aromatic hydroxyl groups is 1. The number of hydrogen-bond acceptors (Lipinski definition) is 3. The van der Waals surface area contributed by atoms with Crippen LogP contribution in [0.5, 0.6) is 5.75 Å². The van der Waals surface area contributed by atoms with E-state index in [1.54, 1.807) is 6.07 Å². The number of phenolic OH excluding ortho intramolecular Hbond substituents is 1. The molecule has 0 aromatic heterocycles. The molecule has 2 aromatic carbocycles. The van der Waals surface area contributed by atoms with Gasteiger partial charge in [-0.3, -0.25) is 4.79 Å². The number of rotatable bonds is 2. The van der Waals surface area contributed by atoms with E-state index in [1.165, 1.54) is 0 Å². The lowest BCUT2D eigenvalue weighted by Crippen LogP contribution is -2.33. The SMILES string of the molecule is Cc1cccc(NC(=O)C2CNc3ccccc3C2)c1O. The van der Waals surface area contributed by atoms with E-state index in [0.29, 0.717) is 18.7 Å². The Hall–Kier alpha value is -2.49. The third kappa shape index (κ3) is 2.70. The van der Waals surface area contributed by atoms with Gasteiger partial charge in [-0.05, 0) is 36.6 Å². The maximum atomic E-state index is 12.4. The molecule has 4 nitrogen and oxygen atoms in total. The van der Waals surface area contributed by atoms with E-state index in [9.17, 15) is 9.90 Å². The monoisotopic (exact) mass is 282 g/mol. The van der Waals surface area contributed by atoms with E-state index < -0.39 is 0 Å². The first kappa shape index (κ1) is 13.5. The second-order valence-electron chi connectivity index (χ2n) is 5.40. The van der Waals surface area contributed by atoms with Crippen LogP contribution in [0.25, 0.3) is 0 Å². The summed E-state index contributed by atoms with van der Waals surface area (Å²) in [6, 6.07) is 13.4. The molecule has 1 aliphatic rings. The number of amides is 1. The van der Waals surface area contributed by atoms with Crippen molar-refractivity contribution < 1.29 is 9.90 Å². The number of hydrogen-bond donors (Lipinski definition) is 3. The standard InChI is InChI=1S/C17H18N2O2/c1-11-5-4-8-15(16(11)20)19-17(21)13-9-12-6-2-3-7-14(12)18-10-13/h2-8,13,18,20H,9-10H2,1H3,(H,19,21). The first-order chi connectivity index (χ1) is 10.1. The molecular weight excluding hydrogens is 264 g/mol. The van der Waals surface area contributed by atoms with Crippen LogP contribution in [0.4, 0.5) is 11.4 Å². The minimum absolute atomic E-state index is 0.0714. The molecular formula is C17H18N2O2. The second kappa shape index (κ2) is 5.48. The largest absolute Gasteiger partial charge is 0.505 e. The van der Waals surface area contributed by atoms with Crippen LogP contribution in [0, 0.1) is 12.8 Å². The van der Waals surface area contributed by atoms with E-state index in [0.717, 1.165) is 16.8 Å². The first-order valence-electron chi connectivity index (χ1n) is 7.06. The van der Waals surface area contributed by atoms with Crippen molar-refractivity contribution in [3.8, 4) is 5.75 Å². The van der Waals surface area contributed by atoms with Gasteiger partial charge in [-0.2, -0.15) is 0 Å². The van der Waals surface area contributed by atoms with Gasteiger partial charge in [-0.15, -0.1) is 0 Å². The van der Waals surface area contributed by atoms with Crippen LogP contribution in [0.3, 0.4) is 0 Å². The van der Waals surface area contributed by atoms with Crippen molar-refractivity contribution in [2.24, 2.45) is 5.92 Å². The van der Waals surface area contributed by atoms with Crippen LogP contribution in [0.1, 0.15) is 11.1 Å². The molecule has 0 bridgehead atoms. The van der Waals surface area contributed by atoms with Crippen LogP contribution >= 0.6 is 0 Å². The highest BCUT2D eigenvalue weighted by Gasteiger charge is 2.24. The highest BCUT2D eigenvalue weighted by Crippen LogP contribution is 2.29. The normalized spacial score (nSPS) is 16.7. The van der Waals surface area contributed by atoms with E-state index in [-0.39, 0.29) is 17.6 Å². The molecule has 1 atom stereocenters. The lowest BCUT2D eigenvalue weighted by atomic mass is 9.93. The van der Waals surface area contributed by atoms with Gasteiger partial charge in [-0.1, -0.05) is 30.3 Å². The van der Waals surface area contributed by atoms with Crippen molar-refractivity contribution >= 4 is 17.3 Å². The summed E-state index contributed by atoms with van der Waals surface area (Å²) in [7, 11) is 0. The van der Waals surface area contributed by atoms with Crippen LogP contribution in [-0.4, -0.2) is 17.6 Å². The molecule has 0 saturated carbocycles. The van der Waals surface area contributed by atoms with Crippen molar-refractivity contribution in [2.45, 2.75) is 13.3 Å². The zero-order chi connectivity index (χ0) is 14.8. The number of fused-ring (bicyclic) bond motifs is 1. The third-order valence-corrected chi connectivity index (χ3v) is 3.89. The summed E-state index contributed by atoms with van der Waals surface area (Å²) in [4.78, 5) is 12.4. The molecule has 21 heavy (non-hydrogen) atoms. The third-order valence-electron chi connectivity index (χ3n) is 3.89. The van der Waals surface area contributed by atoms with Crippen molar-refractivity contribution in [1.82, 2.24) is 0 Å². The fraction of sp³-hybridized carbons (Fsp3) is 0.235. The lowest BCUT2D eigenvalue weighted by molar-refractivity contribution is -0.119. The van der Waals surface area contributed by atoms with Crippen molar-refractivity contribution in [1.29, 1.82) is 0 Å². The molecule has 0 fully saturated rings. The molecule has 0 saturated heterocycles. The van der Waals surface area contributed by atoms with Crippen LogP contribution in [0.15, 0.2) is 42.5 Å². The Morgan fingerprint density at radius 2 is 2.05 bits per heavy atom. The number of carbonyl (C=O) groups is 1. The summed E-state index contributed by atoms with van der Waals surface area (Å²) in [5, 5.41) is 16.1. The predicted molar refractivity (Wildman–Crippen MR) is 83.6 cm³/mol. The Bertz CT molecular complexity index is 682. The molecule has 4 heteroatoms. The summed E-state index contributed by atoms with van der Waals surface area (Å²) in [6.45, 7) is 2.42. The Labute approximate surface area is 123 Å². The van der Waals surface area contributed by atoms with E-state index >= 15 is 0 Å². The number of para-hydroxylation sites is 2. The Kier molecular flexibility index (Phi) is 3.52. The van der Waals surface area contributed by atoms with Gasteiger partial charge in [0.2, 0.25) is 5.91 Å². The molecule has 1 amide bonds. The average Bonchev–Trinajstić information content (AvgIpc) is 2.51. The summed E-state index contributed by atoms with van der Waals surface area (Å²) >= 11 is 0. The van der Waals surface area contributed by atoms with Gasteiger partial charge < -0.3 is 15.7 Å². The summed E-state index contributed by atoms with van der Waals surface area (Å²) in [5.74, 6) is -0.0762. The Morgan fingerprint density at radius 3 is 2.90 bits per heavy atom. The number of anilines is 2. The quantitative estimate of drug-likeness (QED) is 0.742. The van der Waals surface area contributed by atoms with E-state index in [1.807, 2.05) is 43.3 Å². The molecule has 2 aromatic rings. The Balaban J connectivity index is 1.74. The minimum atomic E-state index is -0.139. The van der Waals surface area contributed by atoms with Gasteiger partial charge in [-0.25, -0.2) is 0 Å². The first-order valence-corrected chi connectivity index (χ1v) is 7.06. The van der Waals surface area contributed by atoms with Crippen molar-refractivity contribution in [2.75, 3.05) is 17.2 Å². The summed E-state index contributed by atoms with van der Waals surface area (Å²) < 4.78 is 0. The fourth-order valence-corrected chi connectivity index (χ4v) is 2.62. The number of aryl methyl sites for hydroxylation is 1. The van der Waals surface area contributed by atoms with Gasteiger partial charge in [0, 0.05) is 12.2 Å². The average molecular weight is 282 g/mol. The molecule has 1 unspecified atom stereocenters. The molecule has 3 N–H and O–H groups in total. The summed E-state index contributed by atoms with van der Waals surface area (Å²) in [5.41, 5.74) is 3.47. The zero-order valence-corrected chi connectivity index (χ0v) is 11.9. The minimum Gasteiger partial charge on any atom is -0.505 e. The number of phenols is 1. The fourth-order valence-electron chi connectivity index (χ4n) is 2.62. The molecule has 1 aliphatic heterocycles. The predicted octanol–water partition coefficient (Wildman–Crippen LogP) is 2.92. The smallest absolute Gasteiger partial charge is 0.229 e. The van der Waals surface area contributed by atoms with E-state index in [4.69, 9.17) is 0 Å². The lowest BCUT2D eigenvalue weighted by Gasteiger charge is -2.25. The van der Waals surface area contributed by atoms with Crippen LogP contribution in [-0.2, 0) is 11.2 Å². The molecule has 1 heterocycles.